The van der Waals surface area contributed by atoms with Gasteiger partial charge in [0.1, 0.15) is 0 Å². The molecule has 7 rings (SSSR count). The van der Waals surface area contributed by atoms with Crippen molar-refractivity contribution in [2.75, 3.05) is 10.2 Å². The fourth-order valence-corrected chi connectivity index (χ4v) is 5.81. The maximum atomic E-state index is 6.60. The van der Waals surface area contributed by atoms with E-state index in [0.29, 0.717) is 21.7 Å². The largest absolute Gasteiger partial charge is 0.337 e. The minimum Gasteiger partial charge on any atom is -0.337 e. The summed E-state index contributed by atoms with van der Waals surface area (Å²) in [6, 6.07) is 30.0. The standard InChI is InChI=1S/C33H26Cl2N6/c1-19-13-15-23(17-20(19)2)36-31-33-38-32-29(21(3)39-41(32)24-9-5-4-6-10-24)30(22-14-16-25(34)26(35)18-22)40(33)28-12-8-7-11-27(28)37-31/h4-18,30H,1-3H3,(H,36,37)/t30-/m1/s1. The van der Waals surface area contributed by atoms with Crippen molar-refractivity contribution in [3.8, 4) is 5.69 Å². The Morgan fingerprint density at radius 1 is 0.756 bits per heavy atom. The summed E-state index contributed by atoms with van der Waals surface area (Å²) in [5, 5.41) is 9.57. The zero-order chi connectivity index (χ0) is 28.2. The highest BCUT2D eigenvalue weighted by atomic mass is 35.5. The topological polar surface area (TPSA) is 57.8 Å². The number of nitrogens with one attached hydrogen (secondary N) is 1. The number of hydrogen-bond donors (Lipinski definition) is 1. The van der Waals surface area contributed by atoms with E-state index < -0.39 is 0 Å². The van der Waals surface area contributed by atoms with Gasteiger partial charge >= 0.3 is 0 Å². The van der Waals surface area contributed by atoms with E-state index in [1.165, 1.54) is 11.1 Å². The van der Waals surface area contributed by atoms with Crippen LogP contribution in [0.5, 0.6) is 0 Å². The summed E-state index contributed by atoms with van der Waals surface area (Å²) < 4.78 is 1.91. The Morgan fingerprint density at radius 3 is 2.32 bits per heavy atom. The molecule has 0 radical (unpaired) electrons. The third-order valence-electron chi connectivity index (χ3n) is 7.67. The van der Waals surface area contributed by atoms with Gasteiger partial charge < -0.3 is 10.2 Å². The van der Waals surface area contributed by atoms with Crippen molar-refractivity contribution in [3.05, 3.63) is 129 Å². The molecule has 4 aromatic carbocycles. The number of para-hydroxylation sites is 3. The van der Waals surface area contributed by atoms with E-state index in [0.717, 1.165) is 45.4 Å². The van der Waals surface area contributed by atoms with Crippen molar-refractivity contribution in [3.63, 3.8) is 0 Å². The quantitative estimate of drug-likeness (QED) is 0.233. The van der Waals surface area contributed by atoms with Crippen molar-refractivity contribution >= 4 is 57.8 Å². The van der Waals surface area contributed by atoms with E-state index >= 15 is 0 Å². The summed E-state index contributed by atoms with van der Waals surface area (Å²) >= 11 is 13.0. The van der Waals surface area contributed by atoms with Crippen LogP contribution in [-0.4, -0.2) is 21.5 Å². The molecule has 0 saturated carbocycles. The number of aryl methyl sites for hydroxylation is 3. The monoisotopic (exact) mass is 576 g/mol. The van der Waals surface area contributed by atoms with Gasteiger partial charge in [-0.05, 0) is 86.0 Å². The Labute approximate surface area is 248 Å². The van der Waals surface area contributed by atoms with E-state index in [1.54, 1.807) is 0 Å². The molecule has 8 heteroatoms. The van der Waals surface area contributed by atoms with E-state index in [-0.39, 0.29) is 6.04 Å². The number of anilines is 2. The van der Waals surface area contributed by atoms with Crippen LogP contribution in [0.2, 0.25) is 10.0 Å². The summed E-state index contributed by atoms with van der Waals surface area (Å²) in [6.45, 7) is 6.25. The average Bonchev–Trinajstić information content (AvgIpc) is 3.32. The van der Waals surface area contributed by atoms with E-state index in [4.69, 9.17) is 38.3 Å². The molecule has 6 nitrogen and oxygen atoms in total. The summed E-state index contributed by atoms with van der Waals surface area (Å²) in [5.74, 6) is 2.11. The van der Waals surface area contributed by atoms with Crippen LogP contribution < -0.4 is 10.2 Å². The van der Waals surface area contributed by atoms with Crippen molar-refractivity contribution < 1.29 is 0 Å². The Morgan fingerprint density at radius 2 is 1.54 bits per heavy atom. The third kappa shape index (κ3) is 4.31. The summed E-state index contributed by atoms with van der Waals surface area (Å²) in [4.78, 5) is 12.6. The summed E-state index contributed by atoms with van der Waals surface area (Å²) in [5.41, 5.74) is 8.95. The number of aromatic nitrogens is 2. The molecule has 0 unspecified atom stereocenters. The Balaban J connectivity index is 1.50. The number of halogens is 2. The van der Waals surface area contributed by atoms with Gasteiger partial charge in [-0.2, -0.15) is 5.10 Å². The number of hydrogen-bond acceptors (Lipinski definition) is 5. The molecule has 5 aromatic rings. The number of aliphatic imine (C=N–C) groups is 2. The van der Waals surface area contributed by atoms with Gasteiger partial charge in [0, 0.05) is 11.3 Å². The predicted octanol–water partition coefficient (Wildman–Crippen LogP) is 8.90. The molecule has 1 aromatic heterocycles. The molecule has 3 heterocycles. The lowest BCUT2D eigenvalue weighted by atomic mass is 9.93. The fourth-order valence-electron chi connectivity index (χ4n) is 5.50. The van der Waals surface area contributed by atoms with Crippen molar-refractivity contribution in [1.29, 1.82) is 0 Å². The number of fused-ring (bicyclic) bond motifs is 4. The zero-order valence-electron chi connectivity index (χ0n) is 22.7. The second kappa shape index (κ2) is 9.91. The van der Waals surface area contributed by atoms with Gasteiger partial charge in [0.25, 0.3) is 0 Å². The summed E-state index contributed by atoms with van der Waals surface area (Å²) in [7, 11) is 0. The Bertz CT molecular complexity index is 1890. The molecule has 0 bridgehead atoms. The fraction of sp³-hybridized carbons (Fsp3) is 0.121. The number of nitrogens with zero attached hydrogens (tertiary/aromatic N) is 5. The molecule has 0 saturated heterocycles. The lowest BCUT2D eigenvalue weighted by Crippen LogP contribution is -2.46. The highest BCUT2D eigenvalue weighted by Gasteiger charge is 2.41. The number of rotatable bonds is 3. The van der Waals surface area contributed by atoms with Crippen LogP contribution in [-0.2, 0) is 0 Å². The molecule has 2 aliphatic rings. The average molecular weight is 578 g/mol. The van der Waals surface area contributed by atoms with Gasteiger partial charge in [0.2, 0.25) is 0 Å². The minimum absolute atomic E-state index is 0.280. The van der Waals surface area contributed by atoms with Gasteiger partial charge in [-0.15, -0.1) is 0 Å². The predicted molar refractivity (Wildman–Crippen MR) is 169 cm³/mol. The van der Waals surface area contributed by atoms with E-state index in [2.05, 4.69) is 48.3 Å². The van der Waals surface area contributed by atoms with Gasteiger partial charge in [-0.3, -0.25) is 0 Å². The van der Waals surface area contributed by atoms with Crippen molar-refractivity contribution in [2.45, 2.75) is 26.8 Å². The number of benzene rings is 4. The van der Waals surface area contributed by atoms with Gasteiger partial charge in [0.15, 0.2) is 17.5 Å². The lowest BCUT2D eigenvalue weighted by Gasteiger charge is -2.40. The van der Waals surface area contributed by atoms with Crippen molar-refractivity contribution in [2.24, 2.45) is 9.98 Å². The highest BCUT2D eigenvalue weighted by molar-refractivity contribution is 6.51. The van der Waals surface area contributed by atoms with Crippen LogP contribution in [0.4, 0.5) is 22.9 Å². The second-order valence-corrected chi connectivity index (χ2v) is 11.1. The van der Waals surface area contributed by atoms with Crippen LogP contribution in [0.1, 0.15) is 34.0 Å². The molecular formula is C33H26Cl2N6. The smallest absolute Gasteiger partial charge is 0.179 e. The first kappa shape index (κ1) is 25.6. The third-order valence-corrected chi connectivity index (χ3v) is 8.41. The van der Waals surface area contributed by atoms with Gasteiger partial charge in [-0.25, -0.2) is 14.7 Å². The molecule has 1 atom stereocenters. The molecule has 0 aliphatic carbocycles. The molecule has 2 aliphatic heterocycles. The SMILES string of the molecule is Cc1ccc(NC2=Nc3ccccc3N3C2=Nc2c(c(C)nn2-c2ccccc2)[C@H]3c2ccc(Cl)c(Cl)c2)cc1C. The first-order valence-corrected chi connectivity index (χ1v) is 14.1. The van der Waals surface area contributed by atoms with Crippen LogP contribution >= 0.6 is 23.2 Å². The lowest BCUT2D eigenvalue weighted by molar-refractivity contribution is 0.815. The van der Waals surface area contributed by atoms with Crippen LogP contribution in [0.3, 0.4) is 0 Å². The molecule has 202 valence electrons. The van der Waals surface area contributed by atoms with Crippen LogP contribution in [0.25, 0.3) is 5.69 Å². The molecule has 41 heavy (non-hydrogen) atoms. The normalized spacial score (nSPS) is 15.4. The van der Waals surface area contributed by atoms with Crippen LogP contribution in [0, 0.1) is 20.8 Å². The molecule has 0 spiro atoms. The summed E-state index contributed by atoms with van der Waals surface area (Å²) in [6.07, 6.45) is 0. The molecule has 0 fully saturated rings. The molecular weight excluding hydrogens is 551 g/mol. The Kier molecular flexibility index (Phi) is 6.18. The van der Waals surface area contributed by atoms with Crippen LogP contribution in [0.15, 0.2) is 101 Å². The second-order valence-electron chi connectivity index (χ2n) is 10.3. The van der Waals surface area contributed by atoms with E-state index in [9.17, 15) is 0 Å². The van der Waals surface area contributed by atoms with Gasteiger partial charge in [-0.1, -0.05) is 65.7 Å². The minimum atomic E-state index is -0.280. The first-order chi connectivity index (χ1) is 19.9. The molecule has 1 N–H and O–H groups in total. The molecule has 0 amide bonds. The number of amidine groups is 2. The Hall–Kier alpha value is -4.39. The van der Waals surface area contributed by atoms with Gasteiger partial charge in [0.05, 0.1) is 38.8 Å². The van der Waals surface area contributed by atoms with E-state index in [1.807, 2.05) is 78.3 Å². The maximum absolute atomic E-state index is 6.60. The maximum Gasteiger partial charge on any atom is 0.179 e. The first-order valence-electron chi connectivity index (χ1n) is 13.4. The highest BCUT2D eigenvalue weighted by Crippen LogP contribution is 2.48. The zero-order valence-corrected chi connectivity index (χ0v) is 24.2. The van der Waals surface area contributed by atoms with Crippen molar-refractivity contribution in [1.82, 2.24) is 9.78 Å².